The standard InChI is InChI=1S/C34H39N7O2/c1-39(2)20-22-42-29-18-16-28(17-19-29)36-34-37-32(31-33(38-34)41(25-35-31)30-15-9-10-21-43-30)40(23-26-11-5-3-6-12-26)24-27-13-7-4-8-14-27/h3-8,11-14,16-19,25,30H,9-10,15,20-24H2,1-2H3,(H,36,37,38). The highest BCUT2D eigenvalue weighted by Gasteiger charge is 2.24. The number of ether oxygens (including phenoxy) is 2. The average Bonchev–Trinajstić information content (AvgIpc) is 3.47. The molecule has 1 atom stereocenters. The van der Waals surface area contributed by atoms with E-state index in [4.69, 9.17) is 24.4 Å². The molecule has 1 unspecified atom stereocenters. The van der Waals surface area contributed by atoms with Crippen LogP contribution in [0.2, 0.25) is 0 Å². The lowest BCUT2D eigenvalue weighted by molar-refractivity contribution is -0.0298. The van der Waals surface area contributed by atoms with E-state index >= 15 is 0 Å². The number of rotatable bonds is 12. The molecule has 0 amide bonds. The SMILES string of the molecule is CN(C)CCOc1ccc(Nc2nc(N(Cc3ccccc3)Cc3ccccc3)c3ncn(C4CCCCO4)c3n2)cc1. The van der Waals surface area contributed by atoms with E-state index in [0.29, 0.717) is 25.6 Å². The molecule has 0 spiro atoms. The van der Waals surface area contributed by atoms with Gasteiger partial charge in [0.05, 0.1) is 6.33 Å². The minimum absolute atomic E-state index is 0.0929. The Kier molecular flexibility index (Phi) is 9.10. The number of fused-ring (bicyclic) bond motifs is 1. The Morgan fingerprint density at radius 3 is 2.21 bits per heavy atom. The maximum atomic E-state index is 6.15. The van der Waals surface area contributed by atoms with Gasteiger partial charge in [0.2, 0.25) is 5.95 Å². The van der Waals surface area contributed by atoms with Gasteiger partial charge in [0.15, 0.2) is 17.0 Å². The first-order chi connectivity index (χ1) is 21.1. The number of hydrogen-bond donors (Lipinski definition) is 1. The summed E-state index contributed by atoms with van der Waals surface area (Å²) in [5, 5.41) is 3.45. The van der Waals surface area contributed by atoms with Crippen molar-refractivity contribution in [2.45, 2.75) is 38.6 Å². The van der Waals surface area contributed by atoms with Crippen LogP contribution in [0, 0.1) is 0 Å². The van der Waals surface area contributed by atoms with E-state index in [2.05, 4.69) is 68.2 Å². The van der Waals surface area contributed by atoms with Crippen LogP contribution in [0.5, 0.6) is 5.75 Å². The Balaban J connectivity index is 1.37. The third-order valence-electron chi connectivity index (χ3n) is 7.52. The van der Waals surface area contributed by atoms with Crippen LogP contribution >= 0.6 is 0 Å². The lowest BCUT2D eigenvalue weighted by Gasteiger charge is -2.26. The van der Waals surface area contributed by atoms with Crippen LogP contribution in [0.1, 0.15) is 36.6 Å². The maximum Gasteiger partial charge on any atom is 0.231 e. The predicted octanol–water partition coefficient (Wildman–Crippen LogP) is 6.42. The number of anilines is 3. The van der Waals surface area contributed by atoms with Crippen molar-refractivity contribution in [1.29, 1.82) is 0 Å². The van der Waals surface area contributed by atoms with Crippen LogP contribution in [0.25, 0.3) is 11.2 Å². The molecule has 1 N–H and O–H groups in total. The largest absolute Gasteiger partial charge is 0.492 e. The Labute approximate surface area is 253 Å². The minimum atomic E-state index is -0.0929. The van der Waals surface area contributed by atoms with Crippen molar-refractivity contribution < 1.29 is 9.47 Å². The summed E-state index contributed by atoms with van der Waals surface area (Å²) in [6.45, 7) is 3.58. The van der Waals surface area contributed by atoms with Crippen molar-refractivity contribution in [3.05, 3.63) is 102 Å². The highest BCUT2D eigenvalue weighted by atomic mass is 16.5. The lowest BCUT2D eigenvalue weighted by atomic mass is 10.1. The maximum absolute atomic E-state index is 6.15. The molecule has 0 bridgehead atoms. The smallest absolute Gasteiger partial charge is 0.231 e. The summed E-state index contributed by atoms with van der Waals surface area (Å²) in [5.41, 5.74) is 4.78. The highest BCUT2D eigenvalue weighted by Crippen LogP contribution is 2.32. The first kappa shape index (κ1) is 28.6. The average molecular weight is 578 g/mol. The number of hydrogen-bond acceptors (Lipinski definition) is 8. The van der Waals surface area contributed by atoms with Crippen LogP contribution in [0.4, 0.5) is 17.5 Å². The monoisotopic (exact) mass is 577 g/mol. The fourth-order valence-corrected chi connectivity index (χ4v) is 5.25. The van der Waals surface area contributed by atoms with Gasteiger partial charge in [-0.2, -0.15) is 9.97 Å². The summed E-state index contributed by atoms with van der Waals surface area (Å²) in [6, 6.07) is 28.9. The normalized spacial score (nSPS) is 15.1. The fraction of sp³-hybridized carbons (Fsp3) is 0.324. The van der Waals surface area contributed by atoms with Gasteiger partial charge in [-0.05, 0) is 68.8 Å². The van der Waals surface area contributed by atoms with Gasteiger partial charge >= 0.3 is 0 Å². The number of likely N-dealkylation sites (N-methyl/N-ethyl adjacent to an activating group) is 1. The van der Waals surface area contributed by atoms with Gasteiger partial charge in [-0.15, -0.1) is 0 Å². The molecule has 1 saturated heterocycles. The second-order valence-corrected chi connectivity index (χ2v) is 11.1. The summed E-state index contributed by atoms with van der Waals surface area (Å²) in [4.78, 5) is 19.3. The van der Waals surface area contributed by atoms with Crippen LogP contribution in [0.15, 0.2) is 91.3 Å². The van der Waals surface area contributed by atoms with Gasteiger partial charge in [-0.1, -0.05) is 60.7 Å². The first-order valence-corrected chi connectivity index (χ1v) is 15.0. The number of benzene rings is 3. The zero-order valence-electron chi connectivity index (χ0n) is 24.9. The molecule has 3 aromatic carbocycles. The number of nitrogens with zero attached hydrogens (tertiary/aromatic N) is 6. The molecule has 222 valence electrons. The van der Waals surface area contributed by atoms with Gasteiger partial charge < -0.3 is 24.6 Å². The van der Waals surface area contributed by atoms with E-state index in [1.54, 1.807) is 0 Å². The van der Waals surface area contributed by atoms with Crippen LogP contribution < -0.4 is 15.0 Å². The number of imidazole rings is 1. The molecule has 1 aliphatic rings. The van der Waals surface area contributed by atoms with Gasteiger partial charge in [0.25, 0.3) is 0 Å². The third-order valence-corrected chi connectivity index (χ3v) is 7.52. The van der Waals surface area contributed by atoms with Crippen LogP contribution in [-0.2, 0) is 17.8 Å². The Bertz CT molecular complexity index is 1540. The summed E-state index contributed by atoms with van der Waals surface area (Å²) < 4.78 is 14.1. The minimum Gasteiger partial charge on any atom is -0.492 e. The van der Waals surface area contributed by atoms with Crippen molar-refractivity contribution >= 4 is 28.6 Å². The molecule has 1 fully saturated rings. The molecule has 0 saturated carbocycles. The first-order valence-electron chi connectivity index (χ1n) is 15.0. The summed E-state index contributed by atoms with van der Waals surface area (Å²) >= 11 is 0. The molecule has 6 rings (SSSR count). The molecule has 9 nitrogen and oxygen atoms in total. The molecule has 2 aromatic heterocycles. The van der Waals surface area contributed by atoms with Gasteiger partial charge in [0, 0.05) is 31.9 Å². The Hall–Kier alpha value is -4.47. The van der Waals surface area contributed by atoms with E-state index < -0.39 is 0 Å². The van der Waals surface area contributed by atoms with E-state index in [1.165, 1.54) is 11.1 Å². The number of aromatic nitrogens is 4. The quantitative estimate of drug-likeness (QED) is 0.182. The molecule has 9 heteroatoms. The van der Waals surface area contributed by atoms with E-state index in [9.17, 15) is 0 Å². The zero-order valence-corrected chi connectivity index (χ0v) is 24.9. The van der Waals surface area contributed by atoms with Crippen molar-refractivity contribution in [2.75, 3.05) is 44.1 Å². The lowest BCUT2D eigenvalue weighted by Crippen LogP contribution is -2.24. The molecule has 5 aromatic rings. The van der Waals surface area contributed by atoms with Crippen molar-refractivity contribution in [2.24, 2.45) is 0 Å². The summed E-state index contributed by atoms with van der Waals surface area (Å²) in [6.07, 6.45) is 4.88. The third kappa shape index (κ3) is 7.31. The number of nitrogens with one attached hydrogen (secondary N) is 1. The van der Waals surface area contributed by atoms with E-state index in [0.717, 1.165) is 60.8 Å². The van der Waals surface area contributed by atoms with E-state index in [-0.39, 0.29) is 6.23 Å². The molecular formula is C34H39N7O2. The summed E-state index contributed by atoms with van der Waals surface area (Å²) in [5.74, 6) is 2.11. The second kappa shape index (κ2) is 13.7. The molecule has 3 heterocycles. The van der Waals surface area contributed by atoms with Gasteiger partial charge in [-0.3, -0.25) is 4.57 Å². The van der Waals surface area contributed by atoms with E-state index in [1.807, 2.05) is 56.8 Å². The second-order valence-electron chi connectivity index (χ2n) is 11.1. The zero-order chi connectivity index (χ0) is 29.4. The van der Waals surface area contributed by atoms with Crippen molar-refractivity contribution in [3.8, 4) is 5.75 Å². The molecule has 43 heavy (non-hydrogen) atoms. The fourth-order valence-electron chi connectivity index (χ4n) is 5.25. The van der Waals surface area contributed by atoms with Crippen molar-refractivity contribution in [3.63, 3.8) is 0 Å². The predicted molar refractivity (Wildman–Crippen MR) is 171 cm³/mol. The van der Waals surface area contributed by atoms with Gasteiger partial charge in [-0.25, -0.2) is 4.98 Å². The van der Waals surface area contributed by atoms with Crippen molar-refractivity contribution in [1.82, 2.24) is 24.4 Å². The molecule has 0 radical (unpaired) electrons. The highest BCUT2D eigenvalue weighted by molar-refractivity contribution is 5.85. The topological polar surface area (TPSA) is 80.6 Å². The Morgan fingerprint density at radius 2 is 1.58 bits per heavy atom. The van der Waals surface area contributed by atoms with Crippen LogP contribution in [0.3, 0.4) is 0 Å². The van der Waals surface area contributed by atoms with Gasteiger partial charge in [0.1, 0.15) is 18.6 Å². The summed E-state index contributed by atoms with van der Waals surface area (Å²) in [7, 11) is 4.07. The van der Waals surface area contributed by atoms with Crippen LogP contribution in [-0.4, -0.2) is 58.3 Å². The molecular weight excluding hydrogens is 538 g/mol. The molecule has 0 aliphatic carbocycles. The Morgan fingerprint density at radius 1 is 0.884 bits per heavy atom. The molecule has 1 aliphatic heterocycles.